The Morgan fingerprint density at radius 1 is 1.03 bits per heavy atom. The largest absolute Gasteiger partial charge is 0.497 e. The number of benzene rings is 2. The van der Waals surface area contributed by atoms with Crippen LogP contribution in [-0.4, -0.2) is 74.4 Å². The van der Waals surface area contributed by atoms with E-state index >= 15 is 0 Å². The van der Waals surface area contributed by atoms with Crippen LogP contribution in [0.4, 0.5) is 5.69 Å². The Morgan fingerprint density at radius 2 is 1.71 bits per heavy atom. The van der Waals surface area contributed by atoms with Crippen molar-refractivity contribution in [1.82, 2.24) is 10.2 Å². The van der Waals surface area contributed by atoms with Gasteiger partial charge in [-0.15, -0.1) is 0 Å². The fraction of sp³-hybridized carbons (Fsp3) is 0.481. The van der Waals surface area contributed by atoms with Gasteiger partial charge in [0.2, 0.25) is 5.91 Å². The second-order valence-electron chi connectivity index (χ2n) is 9.25. The first-order valence-corrected chi connectivity index (χ1v) is 12.4. The highest BCUT2D eigenvalue weighted by Crippen LogP contribution is 2.27. The van der Waals surface area contributed by atoms with Gasteiger partial charge in [0.25, 0.3) is 0 Å². The normalized spacial score (nSPS) is 19.5. The summed E-state index contributed by atoms with van der Waals surface area (Å²) in [7, 11) is 1.65. The lowest BCUT2D eigenvalue weighted by Gasteiger charge is -2.41. The molecule has 0 spiro atoms. The Hall–Kier alpha value is -3.10. The van der Waals surface area contributed by atoms with Gasteiger partial charge in [-0.25, -0.2) is 4.79 Å². The lowest BCUT2D eigenvalue weighted by molar-refractivity contribution is -0.139. The fourth-order valence-corrected chi connectivity index (χ4v) is 4.94. The summed E-state index contributed by atoms with van der Waals surface area (Å²) >= 11 is 0. The molecule has 2 N–H and O–H groups in total. The van der Waals surface area contributed by atoms with Crippen LogP contribution >= 0.6 is 0 Å². The Kier molecular flexibility index (Phi) is 8.60. The van der Waals surface area contributed by atoms with Crippen LogP contribution in [-0.2, 0) is 16.0 Å². The number of piperidine rings is 1. The molecule has 1 unspecified atom stereocenters. The van der Waals surface area contributed by atoms with Crippen LogP contribution in [0.1, 0.15) is 24.8 Å². The summed E-state index contributed by atoms with van der Waals surface area (Å²) in [5, 5.41) is 12.2. The molecule has 188 valence electrons. The number of ether oxygens (including phenoxy) is 2. The molecule has 8 nitrogen and oxygen atoms in total. The van der Waals surface area contributed by atoms with Crippen molar-refractivity contribution >= 4 is 17.6 Å². The predicted octanol–water partition coefficient (Wildman–Crippen LogP) is 2.81. The summed E-state index contributed by atoms with van der Waals surface area (Å²) in [6.07, 6.45) is 4.16. The minimum atomic E-state index is -1.02. The van der Waals surface area contributed by atoms with E-state index in [9.17, 15) is 9.59 Å². The summed E-state index contributed by atoms with van der Waals surface area (Å²) in [4.78, 5) is 28.7. The molecule has 0 aromatic heterocycles. The number of carboxylic acids is 1. The summed E-state index contributed by atoms with van der Waals surface area (Å²) in [6, 6.07) is 14.8. The minimum absolute atomic E-state index is 0.0941. The number of hydrogen-bond acceptors (Lipinski definition) is 6. The van der Waals surface area contributed by atoms with Crippen LogP contribution < -0.4 is 19.7 Å². The number of carbonyl (C=O) groups excluding carboxylic acids is 1. The molecule has 0 bridgehead atoms. The first-order valence-electron chi connectivity index (χ1n) is 12.4. The molecule has 2 aliphatic heterocycles. The van der Waals surface area contributed by atoms with E-state index in [2.05, 4.69) is 10.2 Å². The third-order valence-electron chi connectivity index (χ3n) is 6.98. The molecule has 0 aliphatic carbocycles. The number of carbonyl (C=O) groups is 2. The topological polar surface area (TPSA) is 91.3 Å². The number of nitrogens with one attached hydrogen (secondary N) is 1. The molecular formula is C27H35N3O5. The fourth-order valence-electron chi connectivity index (χ4n) is 4.94. The quantitative estimate of drug-likeness (QED) is 0.539. The number of rotatable bonds is 10. The van der Waals surface area contributed by atoms with Gasteiger partial charge in [0.1, 0.15) is 11.5 Å². The van der Waals surface area contributed by atoms with Gasteiger partial charge in [-0.3, -0.25) is 9.69 Å². The molecule has 2 aliphatic rings. The van der Waals surface area contributed by atoms with Crippen LogP contribution in [0.2, 0.25) is 0 Å². The molecule has 0 radical (unpaired) electrons. The van der Waals surface area contributed by atoms with Gasteiger partial charge in [-0.2, -0.15) is 0 Å². The first kappa shape index (κ1) is 25.0. The zero-order chi connectivity index (χ0) is 24.6. The van der Waals surface area contributed by atoms with Gasteiger partial charge >= 0.3 is 5.97 Å². The lowest BCUT2D eigenvalue weighted by atomic mass is 9.93. The van der Waals surface area contributed by atoms with Crippen LogP contribution in [0.3, 0.4) is 0 Å². The molecule has 0 saturated carbocycles. The van der Waals surface area contributed by atoms with E-state index in [0.29, 0.717) is 24.6 Å². The Balaban J connectivity index is 1.47. The average Bonchev–Trinajstić information content (AvgIpc) is 2.89. The molecular weight excluding hydrogens is 446 g/mol. The van der Waals surface area contributed by atoms with E-state index < -0.39 is 12.6 Å². The van der Waals surface area contributed by atoms with Crippen LogP contribution in [0.15, 0.2) is 48.5 Å². The standard InChI is InChI=1S/C27H35N3O5/c1-34-23-6-2-21(3-7-23)18-25-27(33)30(22-4-8-24(9-5-22)35-19-26(31)32)17-16-29(25)15-12-20-10-13-28-14-11-20/h2-9,20,25,28H,10-19H2,1H3,(H,31,32). The molecule has 2 fully saturated rings. The Labute approximate surface area is 206 Å². The van der Waals surface area contributed by atoms with Crippen molar-refractivity contribution in [2.24, 2.45) is 5.92 Å². The smallest absolute Gasteiger partial charge is 0.341 e. The zero-order valence-electron chi connectivity index (χ0n) is 20.3. The number of anilines is 1. The SMILES string of the molecule is COc1ccc(CC2C(=O)N(c3ccc(OCC(=O)O)cc3)CCN2CCC2CCNCC2)cc1. The number of nitrogens with zero attached hydrogens (tertiary/aromatic N) is 2. The zero-order valence-corrected chi connectivity index (χ0v) is 20.3. The third-order valence-corrected chi connectivity index (χ3v) is 6.98. The molecule has 4 rings (SSSR count). The summed E-state index contributed by atoms with van der Waals surface area (Å²) < 4.78 is 10.5. The van der Waals surface area contributed by atoms with E-state index in [4.69, 9.17) is 14.6 Å². The van der Waals surface area contributed by atoms with Crippen molar-refractivity contribution in [3.63, 3.8) is 0 Å². The molecule has 2 saturated heterocycles. The number of carboxylic acid groups (broad SMARTS) is 1. The number of hydrogen-bond donors (Lipinski definition) is 2. The maximum Gasteiger partial charge on any atom is 0.341 e. The maximum absolute atomic E-state index is 13.8. The highest BCUT2D eigenvalue weighted by molar-refractivity contribution is 5.98. The molecule has 35 heavy (non-hydrogen) atoms. The second kappa shape index (κ2) is 12.0. The molecule has 1 amide bonds. The summed E-state index contributed by atoms with van der Waals surface area (Å²) in [5.41, 5.74) is 1.91. The van der Waals surface area contributed by atoms with Crippen molar-refractivity contribution in [1.29, 1.82) is 0 Å². The predicted molar refractivity (Wildman–Crippen MR) is 134 cm³/mol. The number of piperazine rings is 1. The molecule has 2 aromatic rings. The van der Waals surface area contributed by atoms with Crippen LogP contribution in [0.25, 0.3) is 0 Å². The van der Waals surface area contributed by atoms with Gasteiger partial charge in [0.05, 0.1) is 13.2 Å². The monoisotopic (exact) mass is 481 g/mol. The Bertz CT molecular complexity index is 973. The van der Waals surface area contributed by atoms with Crippen molar-refractivity contribution < 1.29 is 24.2 Å². The van der Waals surface area contributed by atoms with Crippen LogP contribution in [0, 0.1) is 5.92 Å². The molecule has 2 aromatic carbocycles. The van der Waals surface area contributed by atoms with E-state index in [0.717, 1.165) is 49.6 Å². The van der Waals surface area contributed by atoms with Crippen molar-refractivity contribution in [3.05, 3.63) is 54.1 Å². The molecule has 2 heterocycles. The van der Waals surface area contributed by atoms with Gasteiger partial charge in [0, 0.05) is 18.8 Å². The average molecular weight is 482 g/mol. The third kappa shape index (κ3) is 6.74. The highest BCUT2D eigenvalue weighted by Gasteiger charge is 2.35. The minimum Gasteiger partial charge on any atom is -0.497 e. The van der Waals surface area contributed by atoms with E-state index in [1.54, 1.807) is 19.2 Å². The maximum atomic E-state index is 13.8. The first-order chi connectivity index (χ1) is 17.0. The van der Waals surface area contributed by atoms with Gasteiger partial charge in [0.15, 0.2) is 6.61 Å². The lowest BCUT2D eigenvalue weighted by Crippen LogP contribution is -2.58. The van der Waals surface area contributed by atoms with Gasteiger partial charge in [-0.1, -0.05) is 12.1 Å². The second-order valence-corrected chi connectivity index (χ2v) is 9.25. The van der Waals surface area contributed by atoms with E-state index in [-0.39, 0.29) is 11.9 Å². The number of amides is 1. The van der Waals surface area contributed by atoms with E-state index in [1.165, 1.54) is 12.8 Å². The van der Waals surface area contributed by atoms with Crippen molar-refractivity contribution in [3.8, 4) is 11.5 Å². The van der Waals surface area contributed by atoms with E-state index in [1.807, 2.05) is 41.3 Å². The highest BCUT2D eigenvalue weighted by atomic mass is 16.5. The number of aliphatic carboxylic acids is 1. The summed E-state index contributed by atoms with van der Waals surface area (Å²) in [5.74, 6) is 1.06. The van der Waals surface area contributed by atoms with Crippen molar-refractivity contribution in [2.75, 3.05) is 51.3 Å². The van der Waals surface area contributed by atoms with Crippen LogP contribution in [0.5, 0.6) is 11.5 Å². The number of methoxy groups -OCH3 is 1. The van der Waals surface area contributed by atoms with Gasteiger partial charge < -0.3 is 24.8 Å². The van der Waals surface area contributed by atoms with Gasteiger partial charge in [-0.05, 0) is 93.2 Å². The Morgan fingerprint density at radius 3 is 2.37 bits per heavy atom. The summed E-state index contributed by atoms with van der Waals surface area (Å²) in [6.45, 7) is 4.14. The van der Waals surface area contributed by atoms with Crippen molar-refractivity contribution in [2.45, 2.75) is 31.7 Å². The molecule has 1 atom stereocenters. The molecule has 8 heteroatoms.